The fourth-order valence-corrected chi connectivity index (χ4v) is 4.71. The second-order valence-corrected chi connectivity index (χ2v) is 8.55. The first-order chi connectivity index (χ1) is 12.4. The number of ketones is 1. The van der Waals surface area contributed by atoms with E-state index in [1.807, 2.05) is 18.2 Å². The molecule has 2 aromatic rings. The van der Waals surface area contributed by atoms with Crippen molar-refractivity contribution < 1.29 is 13.2 Å². The molecule has 3 rings (SSSR count). The summed E-state index contributed by atoms with van der Waals surface area (Å²) in [6, 6.07) is 16.7. The Kier molecular flexibility index (Phi) is 5.55. The maximum absolute atomic E-state index is 12.8. The van der Waals surface area contributed by atoms with Gasteiger partial charge in [0.1, 0.15) is 0 Å². The summed E-state index contributed by atoms with van der Waals surface area (Å²) in [6.07, 6.45) is 0. The van der Waals surface area contributed by atoms with Crippen LogP contribution in [-0.4, -0.2) is 49.6 Å². The molecule has 0 saturated carbocycles. The van der Waals surface area contributed by atoms with Crippen LogP contribution in [0.25, 0.3) is 0 Å². The zero-order chi connectivity index (χ0) is 18.7. The largest absolute Gasteiger partial charge is 0.295 e. The number of hydrogen-bond acceptors (Lipinski definition) is 4. The summed E-state index contributed by atoms with van der Waals surface area (Å²) in [5.74, 6) is -0.0718. The third-order valence-electron chi connectivity index (χ3n) is 5.00. The van der Waals surface area contributed by atoms with E-state index in [1.54, 1.807) is 12.1 Å². The van der Waals surface area contributed by atoms with E-state index in [0.717, 1.165) is 0 Å². The Morgan fingerprint density at radius 2 is 1.50 bits per heavy atom. The number of benzene rings is 2. The molecule has 1 unspecified atom stereocenters. The highest BCUT2D eigenvalue weighted by Crippen LogP contribution is 2.24. The number of carbonyl (C=O) groups excluding carboxylic acids is 1. The highest BCUT2D eigenvalue weighted by Gasteiger charge is 2.30. The van der Waals surface area contributed by atoms with Crippen LogP contribution in [0.15, 0.2) is 59.5 Å². The molecule has 6 heteroatoms. The third-order valence-corrected chi connectivity index (χ3v) is 6.91. The minimum atomic E-state index is -3.52. The molecule has 1 fully saturated rings. The van der Waals surface area contributed by atoms with Crippen molar-refractivity contribution in [2.75, 3.05) is 26.2 Å². The maximum Gasteiger partial charge on any atom is 0.243 e. The zero-order valence-corrected chi connectivity index (χ0v) is 15.9. The van der Waals surface area contributed by atoms with Crippen LogP contribution >= 0.6 is 0 Å². The van der Waals surface area contributed by atoms with Gasteiger partial charge in [0.2, 0.25) is 10.0 Å². The Labute approximate surface area is 155 Å². The predicted molar refractivity (Wildman–Crippen MR) is 102 cm³/mol. The van der Waals surface area contributed by atoms with Crippen molar-refractivity contribution in [3.8, 4) is 0 Å². The van der Waals surface area contributed by atoms with E-state index in [4.69, 9.17) is 0 Å². The molecule has 1 aliphatic heterocycles. The predicted octanol–water partition coefficient (Wildman–Crippen LogP) is 2.96. The molecule has 1 atom stereocenters. The van der Waals surface area contributed by atoms with Crippen LogP contribution in [0.1, 0.15) is 35.8 Å². The Morgan fingerprint density at radius 1 is 0.923 bits per heavy atom. The number of nitrogens with zero attached hydrogens (tertiary/aromatic N) is 2. The molecule has 26 heavy (non-hydrogen) atoms. The second-order valence-electron chi connectivity index (χ2n) is 6.61. The number of hydrogen-bond donors (Lipinski definition) is 0. The van der Waals surface area contributed by atoms with Crippen LogP contribution in [0.3, 0.4) is 0 Å². The molecule has 0 amide bonds. The highest BCUT2D eigenvalue weighted by molar-refractivity contribution is 7.89. The topological polar surface area (TPSA) is 57.7 Å². The van der Waals surface area contributed by atoms with Crippen molar-refractivity contribution in [3.63, 3.8) is 0 Å². The quantitative estimate of drug-likeness (QED) is 0.757. The first-order valence-corrected chi connectivity index (χ1v) is 10.2. The van der Waals surface area contributed by atoms with Gasteiger partial charge in [0.25, 0.3) is 0 Å². The van der Waals surface area contributed by atoms with Crippen molar-refractivity contribution in [1.29, 1.82) is 0 Å². The number of sulfonamides is 1. The van der Waals surface area contributed by atoms with Crippen molar-refractivity contribution in [3.05, 3.63) is 65.7 Å². The van der Waals surface area contributed by atoms with Crippen LogP contribution in [0.5, 0.6) is 0 Å². The summed E-state index contributed by atoms with van der Waals surface area (Å²) < 4.78 is 27.2. The van der Waals surface area contributed by atoms with E-state index in [9.17, 15) is 13.2 Å². The Hall–Kier alpha value is -2.02. The van der Waals surface area contributed by atoms with Crippen LogP contribution in [0, 0.1) is 0 Å². The molecule has 1 aliphatic rings. The van der Waals surface area contributed by atoms with E-state index < -0.39 is 10.0 Å². The molecule has 1 saturated heterocycles. The molecule has 0 aliphatic carbocycles. The lowest BCUT2D eigenvalue weighted by Gasteiger charge is -2.37. The molecule has 0 bridgehead atoms. The fourth-order valence-electron chi connectivity index (χ4n) is 3.28. The lowest BCUT2D eigenvalue weighted by Crippen LogP contribution is -2.49. The van der Waals surface area contributed by atoms with Crippen LogP contribution in [0.2, 0.25) is 0 Å². The minimum Gasteiger partial charge on any atom is -0.295 e. The van der Waals surface area contributed by atoms with E-state index in [0.29, 0.717) is 31.7 Å². The van der Waals surface area contributed by atoms with Gasteiger partial charge in [-0.05, 0) is 31.5 Å². The van der Waals surface area contributed by atoms with Gasteiger partial charge in [-0.1, -0.05) is 42.5 Å². The molecule has 0 aromatic heterocycles. The van der Waals surface area contributed by atoms with Gasteiger partial charge in [0.15, 0.2) is 5.78 Å². The third kappa shape index (κ3) is 3.87. The Bertz CT molecular complexity index is 856. The van der Waals surface area contributed by atoms with Crippen LogP contribution in [0.4, 0.5) is 0 Å². The van der Waals surface area contributed by atoms with Gasteiger partial charge in [0.05, 0.1) is 4.90 Å². The average molecular weight is 372 g/mol. The van der Waals surface area contributed by atoms with Gasteiger partial charge in [-0.2, -0.15) is 4.31 Å². The summed E-state index contributed by atoms with van der Waals surface area (Å²) in [4.78, 5) is 13.9. The monoisotopic (exact) mass is 372 g/mol. The van der Waals surface area contributed by atoms with Crippen molar-refractivity contribution >= 4 is 15.8 Å². The van der Waals surface area contributed by atoms with Crippen molar-refractivity contribution in [2.45, 2.75) is 24.8 Å². The Morgan fingerprint density at radius 3 is 2.04 bits per heavy atom. The molecule has 0 radical (unpaired) electrons. The summed E-state index contributed by atoms with van der Waals surface area (Å²) in [5.41, 5.74) is 1.76. The van der Waals surface area contributed by atoms with Crippen molar-refractivity contribution in [1.82, 2.24) is 9.21 Å². The normalized spacial score (nSPS) is 17.8. The molecule has 5 nitrogen and oxygen atoms in total. The number of rotatable bonds is 5. The molecule has 0 N–H and O–H groups in total. The number of Topliss-reactive ketones (excluding diaryl/α,β-unsaturated/α-hetero) is 1. The lowest BCUT2D eigenvalue weighted by molar-refractivity contribution is 0.101. The summed E-state index contributed by atoms with van der Waals surface area (Å²) in [5, 5.41) is 0. The standard InChI is InChI=1S/C20H24N2O3S/c1-16(18-6-4-3-5-7-18)21-12-14-22(15-13-21)26(24,25)20-10-8-19(9-11-20)17(2)23/h3-11,16H,12-15H2,1-2H3. The van der Waals surface area contributed by atoms with E-state index in [1.165, 1.54) is 28.9 Å². The fraction of sp³-hybridized carbons (Fsp3) is 0.350. The molecule has 2 aromatic carbocycles. The number of piperazine rings is 1. The van der Waals surface area contributed by atoms with Gasteiger partial charge >= 0.3 is 0 Å². The van der Waals surface area contributed by atoms with Crippen LogP contribution in [-0.2, 0) is 10.0 Å². The molecule has 1 heterocycles. The smallest absolute Gasteiger partial charge is 0.243 e. The zero-order valence-electron chi connectivity index (χ0n) is 15.1. The summed E-state index contributed by atoms with van der Waals surface area (Å²) in [7, 11) is -3.52. The Balaban J connectivity index is 1.67. The van der Waals surface area contributed by atoms with E-state index in [2.05, 4.69) is 24.0 Å². The maximum atomic E-state index is 12.8. The molecule has 138 valence electrons. The molecular weight excluding hydrogens is 348 g/mol. The molecule has 0 spiro atoms. The SMILES string of the molecule is CC(=O)c1ccc(S(=O)(=O)N2CCN(C(C)c3ccccc3)CC2)cc1. The van der Waals surface area contributed by atoms with Gasteiger partial charge in [-0.15, -0.1) is 0 Å². The summed E-state index contributed by atoms with van der Waals surface area (Å²) >= 11 is 0. The molecular formula is C20H24N2O3S. The van der Waals surface area contributed by atoms with Gasteiger partial charge in [-0.3, -0.25) is 9.69 Å². The minimum absolute atomic E-state index is 0.0718. The lowest BCUT2D eigenvalue weighted by atomic mass is 10.1. The first-order valence-electron chi connectivity index (χ1n) is 8.80. The van der Waals surface area contributed by atoms with Gasteiger partial charge < -0.3 is 0 Å². The van der Waals surface area contributed by atoms with Gasteiger partial charge in [0, 0.05) is 37.8 Å². The van der Waals surface area contributed by atoms with Crippen molar-refractivity contribution in [2.24, 2.45) is 0 Å². The number of carbonyl (C=O) groups is 1. The average Bonchev–Trinajstić information content (AvgIpc) is 2.68. The van der Waals surface area contributed by atoms with E-state index in [-0.39, 0.29) is 16.7 Å². The highest BCUT2D eigenvalue weighted by atomic mass is 32.2. The first kappa shape index (κ1) is 18.8. The summed E-state index contributed by atoms with van der Waals surface area (Å²) in [6.45, 7) is 5.94. The van der Waals surface area contributed by atoms with Crippen LogP contribution < -0.4 is 0 Å². The van der Waals surface area contributed by atoms with E-state index >= 15 is 0 Å². The second kappa shape index (κ2) is 7.70. The van der Waals surface area contributed by atoms with Gasteiger partial charge in [-0.25, -0.2) is 8.42 Å².